The molecule has 18 heavy (non-hydrogen) atoms. The summed E-state index contributed by atoms with van der Waals surface area (Å²) in [5, 5.41) is 14.7. The van der Waals surface area contributed by atoms with Crippen molar-refractivity contribution in [2.24, 2.45) is 0 Å². The zero-order chi connectivity index (χ0) is 13.3. The van der Waals surface area contributed by atoms with Crippen LogP contribution >= 0.6 is 22.7 Å². The second-order valence-electron chi connectivity index (χ2n) is 2.92. The summed E-state index contributed by atoms with van der Waals surface area (Å²) in [6, 6.07) is 1.20. The number of carboxylic acid groups (broad SMARTS) is 1. The van der Waals surface area contributed by atoms with Gasteiger partial charge in [0.2, 0.25) is 5.01 Å². The van der Waals surface area contributed by atoms with Crippen molar-refractivity contribution >= 4 is 28.6 Å². The summed E-state index contributed by atoms with van der Waals surface area (Å²) in [6.07, 6.45) is -4.57. The van der Waals surface area contributed by atoms with Crippen LogP contribution in [0.2, 0.25) is 0 Å². The Morgan fingerprint density at radius 3 is 2.61 bits per heavy atom. The molecule has 96 valence electrons. The van der Waals surface area contributed by atoms with Crippen LogP contribution in [0, 0.1) is 0 Å². The van der Waals surface area contributed by atoms with Gasteiger partial charge >= 0.3 is 12.1 Å². The highest BCUT2D eigenvalue weighted by Crippen LogP contribution is 2.36. The Hall–Kier alpha value is -1.68. The van der Waals surface area contributed by atoms with E-state index in [1.165, 1.54) is 11.4 Å². The van der Waals surface area contributed by atoms with Gasteiger partial charge in [0.05, 0.1) is 0 Å². The van der Waals surface area contributed by atoms with Crippen molar-refractivity contribution in [2.75, 3.05) is 0 Å². The Bertz CT molecular complexity index is 578. The smallest absolute Gasteiger partial charge is 0.445 e. The van der Waals surface area contributed by atoms with E-state index in [4.69, 9.17) is 9.84 Å². The summed E-state index contributed by atoms with van der Waals surface area (Å²) in [5.41, 5.74) is 0. The lowest BCUT2D eigenvalue weighted by atomic mass is 10.4. The van der Waals surface area contributed by atoms with E-state index in [0.717, 1.165) is 11.3 Å². The molecule has 0 atom stereocenters. The number of hydrogen-bond acceptors (Lipinski definition) is 6. The summed E-state index contributed by atoms with van der Waals surface area (Å²) in [4.78, 5) is 10.6. The third-order valence-electron chi connectivity index (χ3n) is 1.64. The van der Waals surface area contributed by atoms with E-state index in [0.29, 0.717) is 0 Å². The average Bonchev–Trinajstić information content (AvgIpc) is 2.85. The molecule has 10 heteroatoms. The monoisotopic (exact) mass is 296 g/mol. The minimum absolute atomic E-state index is 0.0190. The highest BCUT2D eigenvalue weighted by atomic mass is 32.1. The molecule has 2 rings (SSSR count). The molecular formula is C8H3F3N2O3S2. The summed E-state index contributed by atoms with van der Waals surface area (Å²) in [5.74, 6) is -1.02. The molecule has 2 aromatic rings. The second kappa shape index (κ2) is 4.53. The molecule has 0 saturated carbocycles. The van der Waals surface area contributed by atoms with Gasteiger partial charge in [-0.15, -0.1) is 16.4 Å². The van der Waals surface area contributed by atoms with E-state index in [1.54, 1.807) is 0 Å². The Balaban J connectivity index is 2.14. The number of carboxylic acids is 1. The van der Waals surface area contributed by atoms with Crippen LogP contribution in [0.5, 0.6) is 10.9 Å². The molecule has 0 bridgehead atoms. The van der Waals surface area contributed by atoms with Gasteiger partial charge in [-0.3, -0.25) is 0 Å². The number of nitrogens with zero attached hydrogens (tertiary/aromatic N) is 2. The fraction of sp³-hybridized carbons (Fsp3) is 0.125. The van der Waals surface area contributed by atoms with Crippen molar-refractivity contribution in [1.29, 1.82) is 0 Å². The summed E-state index contributed by atoms with van der Waals surface area (Å²) < 4.78 is 41.7. The van der Waals surface area contributed by atoms with Crippen LogP contribution in [0.4, 0.5) is 13.2 Å². The van der Waals surface area contributed by atoms with Crippen molar-refractivity contribution in [1.82, 2.24) is 10.2 Å². The standard InChI is InChI=1S/C8H3F3N2O3S2/c9-8(10,11)6-12-13-7(18-6)16-3-1-4(5(14)15)17-2-3/h1-2H,(H,14,15). The SMILES string of the molecule is O=C(O)c1cc(Oc2nnc(C(F)(F)F)s2)cs1. The van der Waals surface area contributed by atoms with E-state index >= 15 is 0 Å². The van der Waals surface area contributed by atoms with Gasteiger partial charge in [-0.1, -0.05) is 16.4 Å². The van der Waals surface area contributed by atoms with E-state index < -0.39 is 17.2 Å². The molecular weight excluding hydrogens is 293 g/mol. The van der Waals surface area contributed by atoms with E-state index in [-0.39, 0.29) is 27.2 Å². The molecule has 0 amide bonds. The Morgan fingerprint density at radius 2 is 2.11 bits per heavy atom. The number of rotatable bonds is 3. The number of halogens is 3. The molecule has 2 heterocycles. The third-order valence-corrected chi connectivity index (χ3v) is 3.38. The molecule has 0 aliphatic heterocycles. The first-order valence-corrected chi connectivity index (χ1v) is 5.96. The lowest BCUT2D eigenvalue weighted by Crippen LogP contribution is -2.03. The molecule has 5 nitrogen and oxygen atoms in total. The highest BCUT2D eigenvalue weighted by molar-refractivity contribution is 7.13. The van der Waals surface area contributed by atoms with Gasteiger partial charge in [-0.25, -0.2) is 4.79 Å². The highest BCUT2D eigenvalue weighted by Gasteiger charge is 2.36. The number of alkyl halides is 3. The minimum atomic E-state index is -4.57. The molecule has 0 radical (unpaired) electrons. The number of aromatic nitrogens is 2. The molecule has 0 unspecified atom stereocenters. The van der Waals surface area contributed by atoms with Crippen LogP contribution in [0.1, 0.15) is 14.7 Å². The van der Waals surface area contributed by atoms with E-state index in [2.05, 4.69) is 10.2 Å². The maximum atomic E-state index is 12.2. The number of carbonyl (C=O) groups is 1. The lowest BCUT2D eigenvalue weighted by molar-refractivity contribution is -0.138. The molecule has 0 aromatic carbocycles. The normalized spacial score (nSPS) is 11.5. The van der Waals surface area contributed by atoms with Crippen molar-refractivity contribution in [2.45, 2.75) is 6.18 Å². The first-order chi connectivity index (χ1) is 8.36. The fourth-order valence-corrected chi connectivity index (χ4v) is 2.18. The van der Waals surface area contributed by atoms with Gasteiger partial charge in [0.15, 0.2) is 0 Å². The molecule has 0 fully saturated rings. The van der Waals surface area contributed by atoms with Gasteiger partial charge in [0, 0.05) is 11.4 Å². The van der Waals surface area contributed by atoms with Crippen molar-refractivity contribution in [3.8, 4) is 10.9 Å². The maximum absolute atomic E-state index is 12.2. The van der Waals surface area contributed by atoms with Crippen molar-refractivity contribution in [3.63, 3.8) is 0 Å². The predicted molar refractivity (Wildman–Crippen MR) is 56.3 cm³/mol. The van der Waals surface area contributed by atoms with Gasteiger partial charge < -0.3 is 9.84 Å². The first kappa shape index (κ1) is 12.8. The summed E-state index contributed by atoms with van der Waals surface area (Å²) >= 11 is 1.14. The predicted octanol–water partition coefficient (Wildman–Crippen LogP) is 3.11. The number of hydrogen-bond donors (Lipinski definition) is 1. The summed E-state index contributed by atoms with van der Waals surface area (Å²) in [7, 11) is 0. The zero-order valence-corrected chi connectivity index (χ0v) is 9.90. The Morgan fingerprint density at radius 1 is 1.39 bits per heavy atom. The zero-order valence-electron chi connectivity index (χ0n) is 8.26. The van der Waals surface area contributed by atoms with Gasteiger partial charge in [0.1, 0.15) is 10.6 Å². The van der Waals surface area contributed by atoms with Crippen LogP contribution in [0.15, 0.2) is 11.4 Å². The van der Waals surface area contributed by atoms with E-state index in [1.807, 2.05) is 0 Å². The molecule has 0 spiro atoms. The minimum Gasteiger partial charge on any atom is -0.477 e. The average molecular weight is 296 g/mol. The van der Waals surface area contributed by atoms with Gasteiger partial charge in [-0.05, 0) is 0 Å². The third kappa shape index (κ3) is 2.76. The van der Waals surface area contributed by atoms with Gasteiger partial charge in [0.25, 0.3) is 5.19 Å². The molecule has 1 N–H and O–H groups in total. The van der Waals surface area contributed by atoms with Gasteiger partial charge in [-0.2, -0.15) is 13.2 Å². The van der Waals surface area contributed by atoms with Crippen LogP contribution in [-0.4, -0.2) is 21.3 Å². The fourth-order valence-electron chi connectivity index (χ4n) is 0.951. The Labute approximate surface area is 105 Å². The van der Waals surface area contributed by atoms with Crippen molar-refractivity contribution < 1.29 is 27.8 Å². The largest absolute Gasteiger partial charge is 0.477 e. The molecule has 0 saturated heterocycles. The topological polar surface area (TPSA) is 72.3 Å². The lowest BCUT2D eigenvalue weighted by Gasteiger charge is -1.97. The van der Waals surface area contributed by atoms with Crippen LogP contribution in [0.25, 0.3) is 0 Å². The number of aromatic carboxylic acids is 1. The van der Waals surface area contributed by atoms with Crippen LogP contribution in [0.3, 0.4) is 0 Å². The van der Waals surface area contributed by atoms with E-state index in [9.17, 15) is 18.0 Å². The van der Waals surface area contributed by atoms with Crippen molar-refractivity contribution in [3.05, 3.63) is 21.3 Å². The Kier molecular flexibility index (Phi) is 3.22. The van der Waals surface area contributed by atoms with Crippen LogP contribution < -0.4 is 4.74 Å². The second-order valence-corrected chi connectivity index (χ2v) is 4.78. The maximum Gasteiger partial charge on any atom is 0.445 e. The van der Waals surface area contributed by atoms with Crippen LogP contribution in [-0.2, 0) is 6.18 Å². The summed E-state index contributed by atoms with van der Waals surface area (Å²) in [6.45, 7) is 0. The molecule has 0 aliphatic rings. The molecule has 2 aromatic heterocycles. The number of thiophene rings is 1. The first-order valence-electron chi connectivity index (χ1n) is 4.26. The molecule has 0 aliphatic carbocycles. The quantitative estimate of drug-likeness (QED) is 0.942. The number of ether oxygens (including phenoxy) is 1.